The van der Waals surface area contributed by atoms with Gasteiger partial charge in [-0.3, -0.25) is 4.79 Å². The van der Waals surface area contributed by atoms with E-state index in [4.69, 9.17) is 10.5 Å². The van der Waals surface area contributed by atoms with E-state index in [1.54, 1.807) is 42.0 Å². The van der Waals surface area contributed by atoms with Crippen LogP contribution in [0.3, 0.4) is 0 Å². The summed E-state index contributed by atoms with van der Waals surface area (Å²) in [7, 11) is 1.59. The van der Waals surface area contributed by atoms with Crippen LogP contribution in [0.2, 0.25) is 0 Å². The van der Waals surface area contributed by atoms with Crippen LogP contribution in [0.5, 0.6) is 5.75 Å². The van der Waals surface area contributed by atoms with Crippen LogP contribution in [0, 0.1) is 6.07 Å². The number of ether oxygens (including phenoxy) is 1. The SMILES string of the molecule is COc1ccc(-c2c[c]c3c4c(C(N)=O)cccc4n(Cc4ccccc4C(F)(F)F)c3c2)cc1. The van der Waals surface area contributed by atoms with E-state index in [2.05, 4.69) is 6.07 Å². The Labute approximate surface area is 199 Å². The van der Waals surface area contributed by atoms with Crippen molar-refractivity contribution < 1.29 is 22.7 Å². The molecule has 0 unspecified atom stereocenters. The molecule has 1 amide bonds. The molecule has 1 radical (unpaired) electrons. The highest BCUT2D eigenvalue weighted by molar-refractivity contribution is 6.18. The molecule has 175 valence electrons. The van der Waals surface area contributed by atoms with E-state index < -0.39 is 17.6 Å². The third kappa shape index (κ3) is 3.99. The Morgan fingerprint density at radius 1 is 0.971 bits per heavy atom. The molecule has 35 heavy (non-hydrogen) atoms. The minimum Gasteiger partial charge on any atom is -0.497 e. The standard InChI is InChI=1S/C28H20F3N2O2/c1-35-20-12-9-17(10-13-20)18-11-14-21-25(15-18)33(24-8-4-6-22(26(21)24)27(32)34)16-19-5-2-3-7-23(19)28(29,30)31/h2-13,15H,16H2,1H3,(H2,32,34). The first-order chi connectivity index (χ1) is 16.8. The van der Waals surface area contributed by atoms with Crippen LogP contribution >= 0.6 is 0 Å². The Hall–Kier alpha value is -4.26. The summed E-state index contributed by atoms with van der Waals surface area (Å²) in [6.45, 7) is -0.0438. The van der Waals surface area contributed by atoms with Crippen LogP contribution < -0.4 is 10.5 Å². The van der Waals surface area contributed by atoms with Gasteiger partial charge in [0.15, 0.2) is 0 Å². The van der Waals surface area contributed by atoms with Crippen LogP contribution in [0.25, 0.3) is 32.9 Å². The maximum atomic E-state index is 13.7. The second-order valence-electron chi connectivity index (χ2n) is 8.18. The number of benzene rings is 4. The summed E-state index contributed by atoms with van der Waals surface area (Å²) >= 11 is 0. The molecule has 1 heterocycles. The summed E-state index contributed by atoms with van der Waals surface area (Å²) < 4.78 is 48.2. The van der Waals surface area contributed by atoms with Crippen molar-refractivity contribution in [3.05, 3.63) is 102 Å². The molecule has 5 rings (SSSR count). The lowest BCUT2D eigenvalue weighted by atomic mass is 10.0. The molecule has 4 aromatic carbocycles. The summed E-state index contributed by atoms with van der Waals surface area (Å²) in [5, 5.41) is 1.19. The molecule has 0 fully saturated rings. The van der Waals surface area contributed by atoms with Crippen LogP contribution in [0.1, 0.15) is 21.5 Å². The second-order valence-corrected chi connectivity index (χ2v) is 8.18. The van der Waals surface area contributed by atoms with Gasteiger partial charge in [0.25, 0.3) is 0 Å². The van der Waals surface area contributed by atoms with Gasteiger partial charge in [-0.15, -0.1) is 0 Å². The molecule has 0 atom stereocenters. The number of aromatic nitrogens is 1. The van der Waals surface area contributed by atoms with Gasteiger partial charge in [0, 0.05) is 22.9 Å². The number of carbonyl (C=O) groups excluding carboxylic acids is 1. The average molecular weight is 473 g/mol. The van der Waals surface area contributed by atoms with E-state index in [-0.39, 0.29) is 12.1 Å². The minimum atomic E-state index is -4.49. The van der Waals surface area contributed by atoms with Gasteiger partial charge >= 0.3 is 6.18 Å². The second kappa shape index (κ2) is 8.51. The molecule has 0 aliphatic rings. The summed E-state index contributed by atoms with van der Waals surface area (Å²) in [6, 6.07) is 25.0. The number of hydrogen-bond donors (Lipinski definition) is 1. The molecular weight excluding hydrogens is 453 g/mol. The third-order valence-electron chi connectivity index (χ3n) is 6.13. The molecule has 4 nitrogen and oxygen atoms in total. The molecular formula is C28H20F3N2O2. The third-order valence-corrected chi connectivity index (χ3v) is 6.13. The molecule has 0 aliphatic heterocycles. The summed E-state index contributed by atoms with van der Waals surface area (Å²) in [6.07, 6.45) is -4.49. The lowest BCUT2D eigenvalue weighted by molar-refractivity contribution is -0.138. The number of alkyl halides is 3. The van der Waals surface area contributed by atoms with E-state index in [1.165, 1.54) is 12.1 Å². The van der Waals surface area contributed by atoms with Gasteiger partial charge in [-0.05, 0) is 65.2 Å². The highest BCUT2D eigenvalue weighted by atomic mass is 19.4. The number of methoxy groups -OCH3 is 1. The summed E-state index contributed by atoms with van der Waals surface area (Å²) in [4.78, 5) is 12.2. The van der Waals surface area contributed by atoms with E-state index in [0.717, 1.165) is 17.2 Å². The number of carbonyl (C=O) groups is 1. The van der Waals surface area contributed by atoms with Gasteiger partial charge in [-0.25, -0.2) is 0 Å². The van der Waals surface area contributed by atoms with Crippen LogP contribution in [0.15, 0.2) is 78.9 Å². The molecule has 0 spiro atoms. The summed E-state index contributed by atoms with van der Waals surface area (Å²) in [5.41, 5.74) is 8.34. The highest BCUT2D eigenvalue weighted by Gasteiger charge is 2.33. The van der Waals surface area contributed by atoms with Crippen molar-refractivity contribution in [1.82, 2.24) is 4.57 Å². The number of nitrogens with zero attached hydrogens (tertiary/aromatic N) is 1. The number of hydrogen-bond acceptors (Lipinski definition) is 2. The van der Waals surface area contributed by atoms with Gasteiger partial charge in [0.05, 0.1) is 23.7 Å². The number of fused-ring (bicyclic) bond motifs is 3. The molecule has 0 saturated heterocycles. The van der Waals surface area contributed by atoms with Crippen molar-refractivity contribution in [2.24, 2.45) is 5.73 Å². The lowest BCUT2D eigenvalue weighted by Crippen LogP contribution is -2.12. The summed E-state index contributed by atoms with van der Waals surface area (Å²) in [5.74, 6) is 0.0979. The van der Waals surface area contributed by atoms with E-state index in [9.17, 15) is 18.0 Å². The predicted molar refractivity (Wildman–Crippen MR) is 129 cm³/mol. The van der Waals surface area contributed by atoms with Crippen LogP contribution in [-0.4, -0.2) is 17.6 Å². The van der Waals surface area contributed by atoms with Crippen molar-refractivity contribution in [2.75, 3.05) is 7.11 Å². The molecule has 0 aliphatic carbocycles. The van der Waals surface area contributed by atoms with Gasteiger partial charge in [-0.2, -0.15) is 13.2 Å². The number of primary amides is 1. The van der Waals surface area contributed by atoms with Gasteiger partial charge < -0.3 is 15.0 Å². The number of halogens is 3. The highest BCUT2D eigenvalue weighted by Crippen LogP contribution is 2.37. The van der Waals surface area contributed by atoms with Crippen molar-refractivity contribution in [3.63, 3.8) is 0 Å². The fourth-order valence-corrected chi connectivity index (χ4v) is 4.49. The Morgan fingerprint density at radius 3 is 2.40 bits per heavy atom. The number of nitrogens with two attached hydrogens (primary N) is 1. The average Bonchev–Trinajstić information content (AvgIpc) is 3.16. The number of amides is 1. The van der Waals surface area contributed by atoms with Crippen molar-refractivity contribution in [3.8, 4) is 16.9 Å². The minimum absolute atomic E-state index is 0.0438. The number of rotatable bonds is 5. The van der Waals surface area contributed by atoms with Crippen LogP contribution in [-0.2, 0) is 12.7 Å². The van der Waals surface area contributed by atoms with Gasteiger partial charge in [-0.1, -0.05) is 36.4 Å². The normalized spacial score (nSPS) is 11.8. The van der Waals surface area contributed by atoms with Crippen molar-refractivity contribution in [1.29, 1.82) is 0 Å². The van der Waals surface area contributed by atoms with Gasteiger partial charge in [0.1, 0.15) is 5.75 Å². The monoisotopic (exact) mass is 473 g/mol. The molecule has 5 aromatic rings. The quantitative estimate of drug-likeness (QED) is 0.320. The maximum absolute atomic E-state index is 13.7. The van der Waals surface area contributed by atoms with Gasteiger partial charge in [0.2, 0.25) is 5.91 Å². The van der Waals surface area contributed by atoms with Crippen LogP contribution in [0.4, 0.5) is 13.2 Å². The van der Waals surface area contributed by atoms with E-state index in [0.29, 0.717) is 33.1 Å². The fourth-order valence-electron chi connectivity index (χ4n) is 4.49. The zero-order valence-electron chi connectivity index (χ0n) is 18.7. The topological polar surface area (TPSA) is 57.2 Å². The molecule has 2 N–H and O–H groups in total. The smallest absolute Gasteiger partial charge is 0.416 e. The first-order valence-electron chi connectivity index (χ1n) is 10.8. The zero-order valence-corrected chi connectivity index (χ0v) is 18.7. The first-order valence-corrected chi connectivity index (χ1v) is 10.8. The fraction of sp³-hybridized carbons (Fsp3) is 0.107. The Morgan fingerprint density at radius 2 is 1.71 bits per heavy atom. The largest absolute Gasteiger partial charge is 0.497 e. The molecule has 0 bridgehead atoms. The lowest BCUT2D eigenvalue weighted by Gasteiger charge is -2.15. The van der Waals surface area contributed by atoms with E-state index in [1.807, 2.05) is 30.3 Å². The van der Waals surface area contributed by atoms with Crippen molar-refractivity contribution >= 4 is 27.7 Å². The first kappa shape index (κ1) is 22.5. The molecule has 0 saturated carbocycles. The van der Waals surface area contributed by atoms with Crippen molar-refractivity contribution in [2.45, 2.75) is 12.7 Å². The maximum Gasteiger partial charge on any atom is 0.416 e. The Kier molecular flexibility index (Phi) is 5.47. The predicted octanol–water partition coefficient (Wildman–Crippen LogP) is 6.44. The van der Waals surface area contributed by atoms with E-state index >= 15 is 0 Å². The Balaban J connectivity index is 1.77. The molecule has 1 aromatic heterocycles. The Bertz CT molecular complexity index is 1570. The molecule has 7 heteroatoms. The zero-order chi connectivity index (χ0) is 24.7.